The largest absolute Gasteiger partial charge is 0.388 e. The lowest BCUT2D eigenvalue weighted by molar-refractivity contribution is 0.0972. The van der Waals surface area contributed by atoms with Gasteiger partial charge >= 0.3 is 0 Å². The van der Waals surface area contributed by atoms with E-state index in [1.165, 1.54) is 28.5 Å². The molecule has 6 heteroatoms. The first-order valence-corrected chi connectivity index (χ1v) is 10.1. The fourth-order valence-electron chi connectivity index (χ4n) is 3.51. The molecule has 2 aromatic rings. The van der Waals surface area contributed by atoms with Gasteiger partial charge in [0.15, 0.2) is 5.65 Å². The molecule has 2 aromatic heterocycles. The zero-order valence-electron chi connectivity index (χ0n) is 18.3. The fourth-order valence-corrected chi connectivity index (χ4v) is 3.51. The molecule has 0 aromatic carbocycles. The molecule has 0 radical (unpaired) electrons. The highest BCUT2D eigenvalue weighted by Gasteiger charge is 2.26. The van der Waals surface area contributed by atoms with Crippen molar-refractivity contribution in [1.82, 2.24) is 24.8 Å². The monoisotopic (exact) mass is 403 g/mol. The molecule has 0 atom stereocenters. The van der Waals surface area contributed by atoms with Crippen LogP contribution in [0.2, 0.25) is 0 Å². The van der Waals surface area contributed by atoms with E-state index < -0.39 is 0 Å². The molecule has 30 heavy (non-hydrogen) atoms. The zero-order chi connectivity index (χ0) is 21.7. The Morgan fingerprint density at radius 1 is 1.20 bits per heavy atom. The van der Waals surface area contributed by atoms with E-state index in [1.807, 2.05) is 25.2 Å². The van der Waals surface area contributed by atoms with Gasteiger partial charge in [0, 0.05) is 18.3 Å². The van der Waals surface area contributed by atoms with Crippen molar-refractivity contribution in [2.75, 3.05) is 6.54 Å². The van der Waals surface area contributed by atoms with Crippen LogP contribution in [0.1, 0.15) is 45.8 Å². The quantitative estimate of drug-likeness (QED) is 0.575. The van der Waals surface area contributed by atoms with Gasteiger partial charge in [-0.25, -0.2) is 19.5 Å². The molecule has 0 amide bonds. The molecule has 0 unspecified atom stereocenters. The van der Waals surface area contributed by atoms with Gasteiger partial charge in [0.1, 0.15) is 18.2 Å². The van der Waals surface area contributed by atoms with Crippen molar-refractivity contribution in [3.8, 4) is 0 Å². The molecular weight excluding hydrogens is 374 g/mol. The van der Waals surface area contributed by atoms with Crippen LogP contribution < -0.4 is 5.32 Å². The Labute approximate surface area is 177 Å². The first-order valence-electron chi connectivity index (χ1n) is 10.1. The Balaban J connectivity index is 1.67. The number of hydrogen-bond donors (Lipinski definition) is 1. The molecule has 0 fully saturated rings. The van der Waals surface area contributed by atoms with Crippen LogP contribution in [0.15, 0.2) is 77.7 Å². The molecule has 6 nitrogen and oxygen atoms in total. The van der Waals surface area contributed by atoms with Gasteiger partial charge in [-0.05, 0) is 43.8 Å². The van der Waals surface area contributed by atoms with Crippen molar-refractivity contribution in [3.05, 3.63) is 77.7 Å². The normalized spacial score (nSPS) is 17.9. The van der Waals surface area contributed by atoms with Gasteiger partial charge in [-0.15, -0.1) is 0 Å². The highest BCUT2D eigenvalue weighted by Crippen LogP contribution is 2.35. The summed E-state index contributed by atoms with van der Waals surface area (Å²) in [5.74, 6) is -0.187. The number of nitrogens with one attached hydrogen (secondary N) is 1. The van der Waals surface area contributed by atoms with Gasteiger partial charge < -0.3 is 5.32 Å². The molecule has 0 spiro atoms. The summed E-state index contributed by atoms with van der Waals surface area (Å²) in [5, 5.41) is 3.45. The molecule has 156 valence electrons. The van der Waals surface area contributed by atoms with Crippen LogP contribution in [-0.2, 0) is 0 Å². The predicted octanol–water partition coefficient (Wildman–Crippen LogP) is 4.77. The first kappa shape index (κ1) is 21.4. The third kappa shape index (κ3) is 5.00. The predicted molar refractivity (Wildman–Crippen MR) is 121 cm³/mol. The average molecular weight is 404 g/mol. The number of fused-ring (bicyclic) bond motifs is 1. The second-order valence-corrected chi connectivity index (χ2v) is 8.28. The van der Waals surface area contributed by atoms with Crippen molar-refractivity contribution in [1.29, 1.82) is 0 Å². The highest BCUT2D eigenvalue weighted by atomic mass is 16.2. The van der Waals surface area contributed by atoms with E-state index in [2.05, 4.69) is 60.1 Å². The van der Waals surface area contributed by atoms with Gasteiger partial charge in [-0.3, -0.25) is 4.79 Å². The van der Waals surface area contributed by atoms with Crippen molar-refractivity contribution >= 4 is 17.1 Å². The average Bonchev–Trinajstić information content (AvgIpc) is 3.11. The van der Waals surface area contributed by atoms with Crippen LogP contribution in [-0.4, -0.2) is 32.0 Å². The molecule has 3 rings (SSSR count). The summed E-state index contributed by atoms with van der Waals surface area (Å²) in [4.78, 5) is 24.7. The Bertz CT molecular complexity index is 1100. The summed E-state index contributed by atoms with van der Waals surface area (Å²) in [6.45, 7) is 11.7. The Hall–Kier alpha value is -3.28. The molecule has 0 saturated heterocycles. The van der Waals surface area contributed by atoms with E-state index in [1.54, 1.807) is 12.3 Å². The van der Waals surface area contributed by atoms with E-state index in [0.29, 0.717) is 11.2 Å². The maximum atomic E-state index is 12.5. The number of aromatic nitrogens is 4. The van der Waals surface area contributed by atoms with Crippen molar-refractivity contribution in [2.24, 2.45) is 5.41 Å². The van der Waals surface area contributed by atoms with Gasteiger partial charge in [0.05, 0.1) is 6.20 Å². The van der Waals surface area contributed by atoms with E-state index in [-0.39, 0.29) is 11.3 Å². The fraction of sp³-hybridized carbons (Fsp3) is 0.333. The minimum atomic E-state index is -0.187. The number of imidazole rings is 1. The van der Waals surface area contributed by atoms with Crippen LogP contribution in [0.25, 0.3) is 11.2 Å². The zero-order valence-corrected chi connectivity index (χ0v) is 18.3. The third-order valence-electron chi connectivity index (χ3n) is 5.31. The summed E-state index contributed by atoms with van der Waals surface area (Å²) in [5.41, 5.74) is 5.88. The lowest BCUT2D eigenvalue weighted by Crippen LogP contribution is -2.31. The van der Waals surface area contributed by atoms with E-state index in [9.17, 15) is 4.79 Å². The SMILES string of the molecule is CC1=C(/C=C/C(C)=C/C=C/C(C)=C/C(=O)n2cnc3cncnc32)C(C)(C)CCN1. The molecular formula is C24H29N5O. The van der Waals surface area contributed by atoms with Crippen molar-refractivity contribution in [3.63, 3.8) is 0 Å². The van der Waals surface area contributed by atoms with Gasteiger partial charge in [0.2, 0.25) is 0 Å². The summed E-state index contributed by atoms with van der Waals surface area (Å²) in [6, 6.07) is 0. The molecule has 0 bridgehead atoms. The number of rotatable bonds is 5. The molecule has 1 N–H and O–H groups in total. The van der Waals surface area contributed by atoms with Crippen LogP contribution in [0.3, 0.4) is 0 Å². The molecule has 3 heterocycles. The van der Waals surface area contributed by atoms with Crippen LogP contribution >= 0.6 is 0 Å². The number of hydrogen-bond acceptors (Lipinski definition) is 5. The van der Waals surface area contributed by atoms with Crippen LogP contribution in [0, 0.1) is 5.41 Å². The molecule has 1 aliphatic heterocycles. The maximum Gasteiger partial charge on any atom is 0.257 e. The van der Waals surface area contributed by atoms with Crippen LogP contribution in [0.5, 0.6) is 0 Å². The van der Waals surface area contributed by atoms with Gasteiger partial charge in [0.25, 0.3) is 5.91 Å². The third-order valence-corrected chi connectivity index (χ3v) is 5.31. The lowest BCUT2D eigenvalue weighted by atomic mass is 9.77. The minimum absolute atomic E-state index is 0.185. The minimum Gasteiger partial charge on any atom is -0.388 e. The number of carbonyl (C=O) groups excluding carboxylic acids is 1. The lowest BCUT2D eigenvalue weighted by Gasteiger charge is -2.33. The second-order valence-electron chi connectivity index (χ2n) is 8.28. The Morgan fingerprint density at radius 3 is 2.77 bits per heavy atom. The van der Waals surface area contributed by atoms with Crippen molar-refractivity contribution in [2.45, 2.75) is 41.0 Å². The standard InChI is InChI=1S/C24H29N5O/c1-17(9-10-20-19(3)26-12-11-24(20,4)5)7-6-8-18(2)13-22(30)29-16-28-21-14-25-15-27-23(21)29/h6-10,13-16,26H,11-12H2,1-5H3/b8-6+,10-9+,17-7+,18-13+. The topological polar surface area (TPSA) is 72.7 Å². The summed E-state index contributed by atoms with van der Waals surface area (Å²) in [6.07, 6.45) is 17.4. The van der Waals surface area contributed by atoms with Gasteiger partial charge in [-0.2, -0.15) is 0 Å². The maximum absolute atomic E-state index is 12.5. The number of carbonyl (C=O) groups is 1. The summed E-state index contributed by atoms with van der Waals surface area (Å²) in [7, 11) is 0. The van der Waals surface area contributed by atoms with E-state index in [4.69, 9.17) is 0 Å². The second kappa shape index (κ2) is 9.03. The van der Waals surface area contributed by atoms with E-state index in [0.717, 1.165) is 24.1 Å². The molecule has 0 aliphatic carbocycles. The number of nitrogens with zero attached hydrogens (tertiary/aromatic N) is 4. The molecule has 0 saturated carbocycles. The first-order chi connectivity index (χ1) is 14.3. The molecule has 1 aliphatic rings. The van der Waals surface area contributed by atoms with Gasteiger partial charge in [-0.1, -0.05) is 49.8 Å². The van der Waals surface area contributed by atoms with E-state index >= 15 is 0 Å². The summed E-state index contributed by atoms with van der Waals surface area (Å²) >= 11 is 0. The van der Waals surface area contributed by atoms with Crippen LogP contribution in [0.4, 0.5) is 0 Å². The number of allylic oxidation sites excluding steroid dienone is 10. The smallest absolute Gasteiger partial charge is 0.257 e. The Kier molecular flexibility index (Phi) is 6.45. The Morgan fingerprint density at radius 2 is 2.00 bits per heavy atom. The highest BCUT2D eigenvalue weighted by molar-refractivity contribution is 5.96. The van der Waals surface area contributed by atoms with Crippen molar-refractivity contribution < 1.29 is 4.79 Å². The summed E-state index contributed by atoms with van der Waals surface area (Å²) < 4.78 is 1.42.